The number of hydrogen-bond acceptors (Lipinski definition) is 6. The van der Waals surface area contributed by atoms with Gasteiger partial charge in [-0.15, -0.1) is 0 Å². The van der Waals surface area contributed by atoms with E-state index in [0.717, 1.165) is 16.6 Å². The minimum absolute atomic E-state index is 0.107. The highest BCUT2D eigenvalue weighted by atomic mass is 16.5. The number of anilines is 1. The second kappa shape index (κ2) is 6.14. The molecule has 1 fully saturated rings. The third-order valence-corrected chi connectivity index (χ3v) is 4.33. The fourth-order valence-corrected chi connectivity index (χ4v) is 2.85. The van der Waals surface area contributed by atoms with Crippen LogP contribution in [-0.4, -0.2) is 44.2 Å². The first-order valence-corrected chi connectivity index (χ1v) is 7.97. The van der Waals surface area contributed by atoms with E-state index in [1.54, 1.807) is 24.5 Å². The Morgan fingerprint density at radius 3 is 2.96 bits per heavy atom. The summed E-state index contributed by atoms with van der Waals surface area (Å²) < 4.78 is 5.05. The largest absolute Gasteiger partial charge is 0.467 e. The number of hydrogen-bond donors (Lipinski definition) is 3. The van der Waals surface area contributed by atoms with Gasteiger partial charge in [-0.3, -0.25) is 4.79 Å². The molecule has 0 unspecified atom stereocenters. The summed E-state index contributed by atoms with van der Waals surface area (Å²) in [6, 6.07) is 5.79. The summed E-state index contributed by atoms with van der Waals surface area (Å²) in [5, 5.41) is 13.0. The van der Waals surface area contributed by atoms with Crippen molar-refractivity contribution in [2.75, 3.05) is 12.4 Å². The summed E-state index contributed by atoms with van der Waals surface area (Å²) >= 11 is 0. The highest BCUT2D eigenvalue weighted by Crippen LogP contribution is 2.29. The average Bonchev–Trinajstić information content (AvgIpc) is 3.02. The number of rotatable bonds is 4. The summed E-state index contributed by atoms with van der Waals surface area (Å²) in [4.78, 5) is 27.9. The number of carbonyl (C=O) groups is 1. The van der Waals surface area contributed by atoms with E-state index in [1.165, 1.54) is 7.11 Å². The molecular weight excluding hydrogens is 322 g/mol. The van der Waals surface area contributed by atoms with E-state index in [4.69, 9.17) is 4.74 Å². The molecule has 4 rings (SSSR count). The van der Waals surface area contributed by atoms with Gasteiger partial charge in [0.2, 0.25) is 5.91 Å². The van der Waals surface area contributed by atoms with Crippen LogP contribution in [0.15, 0.2) is 30.6 Å². The van der Waals surface area contributed by atoms with Gasteiger partial charge in [0, 0.05) is 29.8 Å². The van der Waals surface area contributed by atoms with Gasteiger partial charge >= 0.3 is 6.01 Å². The zero-order valence-corrected chi connectivity index (χ0v) is 13.6. The number of methoxy groups -OCH3 is 1. The fourth-order valence-electron chi connectivity index (χ4n) is 2.85. The molecule has 0 aromatic carbocycles. The van der Waals surface area contributed by atoms with Crippen molar-refractivity contribution in [3.8, 4) is 17.4 Å². The van der Waals surface area contributed by atoms with Gasteiger partial charge in [-0.25, -0.2) is 9.97 Å². The summed E-state index contributed by atoms with van der Waals surface area (Å²) in [7, 11) is 1.52. The van der Waals surface area contributed by atoms with E-state index in [0.29, 0.717) is 30.4 Å². The fraction of sp³-hybridized carbons (Fsp3) is 0.294. The zero-order valence-electron chi connectivity index (χ0n) is 13.6. The Morgan fingerprint density at radius 2 is 2.20 bits per heavy atom. The van der Waals surface area contributed by atoms with Crippen molar-refractivity contribution in [2.24, 2.45) is 5.92 Å². The van der Waals surface area contributed by atoms with Crippen molar-refractivity contribution >= 4 is 22.6 Å². The summed E-state index contributed by atoms with van der Waals surface area (Å²) in [5.74, 6) is 0.234. The Labute approximate surface area is 143 Å². The average molecular weight is 339 g/mol. The number of aliphatic hydroxyl groups is 1. The van der Waals surface area contributed by atoms with Crippen LogP contribution >= 0.6 is 0 Å². The number of nitrogens with zero attached hydrogens (tertiary/aromatic N) is 3. The van der Waals surface area contributed by atoms with E-state index in [1.807, 2.05) is 6.07 Å². The first-order chi connectivity index (χ1) is 12.1. The highest BCUT2D eigenvalue weighted by molar-refractivity contribution is 5.94. The molecule has 3 N–H and O–H groups in total. The molecule has 0 spiro atoms. The van der Waals surface area contributed by atoms with Gasteiger partial charge in [0.05, 0.1) is 30.1 Å². The molecule has 3 aromatic heterocycles. The summed E-state index contributed by atoms with van der Waals surface area (Å²) in [6.45, 7) is 0. The Morgan fingerprint density at radius 1 is 1.36 bits per heavy atom. The SMILES string of the molecule is COc1nccc(-c2cc3cnc(NC(=O)C4CC(O)C4)cc3[nH]2)n1. The van der Waals surface area contributed by atoms with Crippen LogP contribution in [0.4, 0.5) is 5.82 Å². The number of fused-ring (bicyclic) bond motifs is 1. The molecule has 8 heteroatoms. The lowest BCUT2D eigenvalue weighted by atomic mass is 9.82. The molecule has 25 heavy (non-hydrogen) atoms. The van der Waals surface area contributed by atoms with Crippen LogP contribution in [0.25, 0.3) is 22.3 Å². The number of ether oxygens (including phenoxy) is 1. The molecular formula is C17H17N5O3. The maximum Gasteiger partial charge on any atom is 0.316 e. The molecule has 0 bridgehead atoms. The van der Waals surface area contributed by atoms with E-state index >= 15 is 0 Å². The van der Waals surface area contributed by atoms with Crippen molar-refractivity contribution < 1.29 is 14.6 Å². The number of H-pyrrole nitrogens is 1. The molecule has 1 saturated carbocycles. The molecule has 3 aromatic rings. The number of carbonyl (C=O) groups excluding carboxylic acids is 1. The van der Waals surface area contributed by atoms with Crippen LogP contribution in [0.2, 0.25) is 0 Å². The molecule has 0 atom stereocenters. The Hall–Kier alpha value is -3.00. The van der Waals surface area contributed by atoms with Gasteiger partial charge in [-0.1, -0.05) is 0 Å². The van der Waals surface area contributed by atoms with Gasteiger partial charge in [-0.2, -0.15) is 4.98 Å². The summed E-state index contributed by atoms with van der Waals surface area (Å²) in [5.41, 5.74) is 2.35. The first kappa shape index (κ1) is 15.5. The summed E-state index contributed by atoms with van der Waals surface area (Å²) in [6.07, 6.45) is 3.98. The maximum absolute atomic E-state index is 12.1. The second-order valence-corrected chi connectivity index (χ2v) is 6.08. The van der Waals surface area contributed by atoms with Crippen LogP contribution in [0.1, 0.15) is 12.8 Å². The van der Waals surface area contributed by atoms with Crippen LogP contribution in [0, 0.1) is 5.92 Å². The normalized spacial score (nSPS) is 19.4. The molecule has 1 aliphatic rings. The molecule has 1 aliphatic carbocycles. The van der Waals surface area contributed by atoms with Crippen molar-refractivity contribution in [1.29, 1.82) is 0 Å². The van der Waals surface area contributed by atoms with Crippen LogP contribution in [-0.2, 0) is 4.79 Å². The van der Waals surface area contributed by atoms with E-state index in [-0.39, 0.29) is 17.9 Å². The minimum atomic E-state index is -0.359. The topological polar surface area (TPSA) is 113 Å². The van der Waals surface area contributed by atoms with Crippen molar-refractivity contribution in [2.45, 2.75) is 18.9 Å². The zero-order chi connectivity index (χ0) is 17.4. The smallest absolute Gasteiger partial charge is 0.316 e. The number of pyridine rings is 1. The van der Waals surface area contributed by atoms with E-state index < -0.39 is 0 Å². The van der Waals surface area contributed by atoms with E-state index in [2.05, 4.69) is 25.3 Å². The third kappa shape index (κ3) is 3.03. The first-order valence-electron chi connectivity index (χ1n) is 7.97. The molecule has 0 saturated heterocycles. The van der Waals surface area contributed by atoms with Crippen molar-refractivity contribution in [3.63, 3.8) is 0 Å². The molecule has 128 valence electrons. The predicted octanol–water partition coefficient (Wildman–Crippen LogP) is 1.74. The number of aromatic nitrogens is 4. The second-order valence-electron chi connectivity index (χ2n) is 6.08. The lowest BCUT2D eigenvalue weighted by Gasteiger charge is -2.29. The van der Waals surface area contributed by atoms with Gasteiger partial charge in [0.25, 0.3) is 0 Å². The Bertz CT molecular complexity index is 933. The van der Waals surface area contributed by atoms with Gasteiger partial charge in [-0.05, 0) is 25.0 Å². The third-order valence-electron chi connectivity index (χ3n) is 4.33. The minimum Gasteiger partial charge on any atom is -0.467 e. The Balaban J connectivity index is 1.57. The standard InChI is InChI=1S/C17H17N5O3/c1-25-17-18-3-2-12(21-17)14-6-10-8-19-15(7-13(10)20-14)22-16(24)9-4-11(23)5-9/h2-3,6-9,11,20,23H,4-5H2,1H3,(H,19,22,24). The predicted molar refractivity (Wildman–Crippen MR) is 91.0 cm³/mol. The molecule has 0 radical (unpaired) electrons. The van der Waals surface area contributed by atoms with Gasteiger partial charge < -0.3 is 20.1 Å². The van der Waals surface area contributed by atoms with Crippen LogP contribution in [0.5, 0.6) is 6.01 Å². The van der Waals surface area contributed by atoms with Gasteiger partial charge in [0.1, 0.15) is 5.82 Å². The number of aliphatic hydroxyl groups excluding tert-OH is 1. The molecule has 0 aliphatic heterocycles. The van der Waals surface area contributed by atoms with Crippen molar-refractivity contribution in [3.05, 3.63) is 30.6 Å². The highest BCUT2D eigenvalue weighted by Gasteiger charge is 2.33. The lowest BCUT2D eigenvalue weighted by molar-refractivity contribution is -0.126. The number of amides is 1. The van der Waals surface area contributed by atoms with Crippen LogP contribution in [0.3, 0.4) is 0 Å². The van der Waals surface area contributed by atoms with Crippen LogP contribution < -0.4 is 10.1 Å². The van der Waals surface area contributed by atoms with Gasteiger partial charge in [0.15, 0.2) is 0 Å². The van der Waals surface area contributed by atoms with Crippen molar-refractivity contribution in [1.82, 2.24) is 19.9 Å². The quantitative estimate of drug-likeness (QED) is 0.667. The number of aromatic amines is 1. The number of nitrogens with one attached hydrogen (secondary N) is 2. The maximum atomic E-state index is 12.1. The molecule has 3 heterocycles. The Kier molecular flexibility index (Phi) is 3.81. The van der Waals surface area contributed by atoms with E-state index in [9.17, 15) is 9.90 Å². The molecule has 1 amide bonds. The lowest BCUT2D eigenvalue weighted by Crippen LogP contribution is -2.37. The monoisotopic (exact) mass is 339 g/mol. The molecule has 8 nitrogen and oxygen atoms in total.